The predicted octanol–water partition coefficient (Wildman–Crippen LogP) is 16.6. The number of benzene rings is 10. The molecule has 3 heterocycles. The lowest BCUT2D eigenvalue weighted by atomic mass is 9.82. The summed E-state index contributed by atoms with van der Waals surface area (Å²) in [5.41, 5.74) is 21.8. The van der Waals surface area contributed by atoms with Gasteiger partial charge in [0.15, 0.2) is 0 Å². The average molecular weight is 815 g/mol. The molecule has 0 saturated heterocycles. The van der Waals surface area contributed by atoms with Gasteiger partial charge in [0, 0.05) is 54.9 Å². The first kappa shape index (κ1) is 34.4. The summed E-state index contributed by atoms with van der Waals surface area (Å²) < 4.78 is 11.5. The minimum absolute atomic E-state index is 0.0933. The van der Waals surface area contributed by atoms with Gasteiger partial charge in [-0.15, -0.1) is 0 Å². The Labute approximate surface area is 368 Å². The zero-order valence-electron chi connectivity index (χ0n) is 35.3. The topological polar surface area (TPSA) is 23.0 Å². The van der Waals surface area contributed by atoms with Crippen molar-refractivity contribution in [3.05, 3.63) is 205 Å². The number of hydrogen-bond acceptors (Lipinski definition) is 1. The number of nitrogens with zero attached hydrogens (tertiary/aromatic N) is 2. The molecule has 0 N–H and O–H groups in total. The molecule has 3 nitrogen and oxygen atoms in total. The van der Waals surface area contributed by atoms with E-state index in [4.69, 9.17) is 4.42 Å². The van der Waals surface area contributed by atoms with Gasteiger partial charge in [-0.05, 0) is 128 Å². The van der Waals surface area contributed by atoms with E-state index in [1.165, 1.54) is 116 Å². The number of rotatable bonds is 3. The molecule has 0 saturated carbocycles. The van der Waals surface area contributed by atoms with E-state index in [2.05, 4.69) is 217 Å². The quantitative estimate of drug-likeness (QED) is 0.174. The predicted molar refractivity (Wildman–Crippen MR) is 267 cm³/mol. The summed E-state index contributed by atoms with van der Waals surface area (Å²) in [5.74, 6) is 0. The molecule has 3 heteroatoms. The molecule has 64 heavy (non-hydrogen) atoms. The van der Waals surface area contributed by atoms with Gasteiger partial charge in [-0.2, -0.15) is 0 Å². The van der Waals surface area contributed by atoms with Crippen LogP contribution < -0.4 is 0 Å². The second kappa shape index (κ2) is 12.1. The van der Waals surface area contributed by atoms with Crippen LogP contribution >= 0.6 is 0 Å². The smallest absolute Gasteiger partial charge is 0.137 e. The van der Waals surface area contributed by atoms with Crippen molar-refractivity contribution in [2.24, 2.45) is 0 Å². The van der Waals surface area contributed by atoms with E-state index in [9.17, 15) is 0 Å². The Bertz CT molecular complexity index is 4180. The summed E-state index contributed by atoms with van der Waals surface area (Å²) in [5, 5.41) is 9.79. The summed E-state index contributed by atoms with van der Waals surface area (Å²) >= 11 is 0. The van der Waals surface area contributed by atoms with Crippen molar-refractivity contribution in [3.8, 4) is 55.9 Å². The maximum atomic E-state index is 6.57. The fraction of sp³-hybridized carbons (Fsp3) is 0.0492. The average Bonchev–Trinajstić information content (AvgIpc) is 4.11. The molecule has 2 aliphatic rings. The normalized spacial score (nSPS) is 13.6. The molecule has 0 fully saturated rings. The van der Waals surface area contributed by atoms with Gasteiger partial charge < -0.3 is 13.6 Å². The van der Waals surface area contributed by atoms with Crippen LogP contribution in [0.3, 0.4) is 0 Å². The second-order valence-electron chi connectivity index (χ2n) is 18.4. The highest BCUT2D eigenvalue weighted by atomic mass is 16.3. The molecule has 3 aromatic heterocycles. The zero-order valence-corrected chi connectivity index (χ0v) is 35.3. The van der Waals surface area contributed by atoms with Gasteiger partial charge in [0.05, 0.1) is 27.8 Å². The molecule has 0 amide bonds. The van der Waals surface area contributed by atoms with Crippen LogP contribution in [0.15, 0.2) is 199 Å². The number of furan rings is 1. The van der Waals surface area contributed by atoms with Gasteiger partial charge in [0.2, 0.25) is 0 Å². The van der Waals surface area contributed by atoms with Crippen LogP contribution in [0, 0.1) is 0 Å². The van der Waals surface area contributed by atoms with Crippen LogP contribution in [0.4, 0.5) is 0 Å². The third-order valence-corrected chi connectivity index (χ3v) is 14.8. The molecule has 10 aromatic carbocycles. The lowest BCUT2D eigenvalue weighted by Gasteiger charge is -2.21. The van der Waals surface area contributed by atoms with E-state index in [1.54, 1.807) is 0 Å². The molecule has 13 aromatic rings. The number of hydrogen-bond donors (Lipinski definition) is 0. The highest BCUT2D eigenvalue weighted by Gasteiger charge is 2.36. The van der Waals surface area contributed by atoms with Crippen LogP contribution in [0.5, 0.6) is 0 Å². The zero-order chi connectivity index (χ0) is 42.0. The van der Waals surface area contributed by atoms with Crippen LogP contribution in [0.2, 0.25) is 0 Å². The Morgan fingerprint density at radius 2 is 0.953 bits per heavy atom. The van der Waals surface area contributed by atoms with Crippen molar-refractivity contribution in [3.63, 3.8) is 0 Å². The fourth-order valence-electron chi connectivity index (χ4n) is 11.9. The molecule has 0 radical (unpaired) electrons. The molecule has 0 bridgehead atoms. The molecule has 0 atom stereocenters. The first-order valence-corrected chi connectivity index (χ1v) is 22.3. The van der Waals surface area contributed by atoms with Crippen LogP contribution in [0.25, 0.3) is 132 Å². The largest absolute Gasteiger partial charge is 0.456 e. The molecule has 298 valence electrons. The van der Waals surface area contributed by atoms with Crippen molar-refractivity contribution in [2.75, 3.05) is 0 Å². The monoisotopic (exact) mass is 814 g/mol. The fourth-order valence-corrected chi connectivity index (χ4v) is 11.9. The number of aromatic nitrogens is 2. The summed E-state index contributed by atoms with van der Waals surface area (Å²) in [6.45, 7) is 4.74. The summed E-state index contributed by atoms with van der Waals surface area (Å²) in [6.07, 6.45) is 0. The summed E-state index contributed by atoms with van der Waals surface area (Å²) in [7, 11) is 0. The van der Waals surface area contributed by atoms with Crippen LogP contribution in [-0.2, 0) is 5.41 Å². The van der Waals surface area contributed by atoms with E-state index in [0.29, 0.717) is 0 Å². The van der Waals surface area contributed by atoms with Gasteiger partial charge >= 0.3 is 0 Å². The summed E-state index contributed by atoms with van der Waals surface area (Å²) in [4.78, 5) is 0. The molecule has 0 spiro atoms. The Hall–Kier alpha value is -8.14. The van der Waals surface area contributed by atoms with Crippen molar-refractivity contribution in [2.45, 2.75) is 19.3 Å². The van der Waals surface area contributed by atoms with E-state index >= 15 is 0 Å². The molecule has 15 rings (SSSR count). The lowest BCUT2D eigenvalue weighted by molar-refractivity contribution is 0.661. The molecular formula is C61H38N2O. The summed E-state index contributed by atoms with van der Waals surface area (Å²) in [6, 6.07) is 72.2. The van der Waals surface area contributed by atoms with Crippen molar-refractivity contribution >= 4 is 76.3 Å². The van der Waals surface area contributed by atoms with Gasteiger partial charge in [0.1, 0.15) is 11.2 Å². The molecule has 0 aliphatic heterocycles. The van der Waals surface area contributed by atoms with Gasteiger partial charge in [-0.1, -0.05) is 135 Å². The standard InChI is InChI=1S/C61H38N2O/c1-61(2)51-21-10-8-17-40(51)45-31-48-46-29-35(23-26-54(46)62(56(48)33-52(45)61)37-13-4-3-5-14-37)36-24-27-55-47(30-36)49-32-50-41-18-9-11-22-58(41)64-59(50)34-57(49)63(55)53-28-25-43-39-16-7-6-15-38(39)42-19-12-20-44(53)60(42)43/h3-34H,1-2H3. The minimum Gasteiger partial charge on any atom is -0.456 e. The van der Waals surface area contributed by atoms with E-state index in [0.717, 1.165) is 27.5 Å². The number of fused-ring (bicyclic) bond motifs is 15. The third kappa shape index (κ3) is 4.36. The highest BCUT2D eigenvalue weighted by molar-refractivity contribution is 6.21. The van der Waals surface area contributed by atoms with Crippen molar-refractivity contribution in [1.82, 2.24) is 9.13 Å². The third-order valence-electron chi connectivity index (χ3n) is 14.8. The van der Waals surface area contributed by atoms with E-state index in [-0.39, 0.29) is 5.41 Å². The number of para-hydroxylation sites is 2. The minimum atomic E-state index is -0.0933. The van der Waals surface area contributed by atoms with Crippen LogP contribution in [0.1, 0.15) is 25.0 Å². The second-order valence-corrected chi connectivity index (χ2v) is 18.4. The highest BCUT2D eigenvalue weighted by Crippen LogP contribution is 2.52. The van der Waals surface area contributed by atoms with Crippen LogP contribution in [-0.4, -0.2) is 9.13 Å². The van der Waals surface area contributed by atoms with Gasteiger partial charge in [-0.3, -0.25) is 0 Å². The Morgan fingerprint density at radius 3 is 1.75 bits per heavy atom. The SMILES string of the molecule is CC1(C)c2ccccc2-c2cc3c4cc(-c5ccc6c(c5)c5cc7c(cc5n6-c5ccc6c8c(cccc58)-c5ccccc5-6)oc5ccccc57)ccc4n(-c4ccccc4)c3cc21. The maximum absolute atomic E-state index is 6.57. The lowest BCUT2D eigenvalue weighted by Crippen LogP contribution is -2.14. The van der Waals surface area contributed by atoms with Gasteiger partial charge in [-0.25, -0.2) is 0 Å². The molecule has 2 aliphatic carbocycles. The van der Waals surface area contributed by atoms with Crippen molar-refractivity contribution in [1.29, 1.82) is 0 Å². The first-order valence-electron chi connectivity index (χ1n) is 22.3. The Kier molecular flexibility index (Phi) is 6.49. The molecule has 0 unspecified atom stereocenters. The van der Waals surface area contributed by atoms with E-state index < -0.39 is 0 Å². The molecular weight excluding hydrogens is 777 g/mol. The first-order chi connectivity index (χ1) is 31.5. The van der Waals surface area contributed by atoms with Gasteiger partial charge in [0.25, 0.3) is 0 Å². The maximum Gasteiger partial charge on any atom is 0.137 e. The van der Waals surface area contributed by atoms with E-state index in [1.807, 2.05) is 0 Å². The Morgan fingerprint density at radius 1 is 0.344 bits per heavy atom. The van der Waals surface area contributed by atoms with Crippen molar-refractivity contribution < 1.29 is 4.42 Å². The Balaban J connectivity index is 0.991.